The van der Waals surface area contributed by atoms with Gasteiger partial charge in [-0.15, -0.1) is 0 Å². The smallest absolute Gasteiger partial charge is 0.368 e. The highest BCUT2D eigenvalue weighted by Crippen LogP contribution is 2.29. The number of aromatic nitrogens is 2. The molecule has 0 fully saturated rings. The second-order valence-corrected chi connectivity index (χ2v) is 6.11. The predicted octanol–water partition coefficient (Wildman–Crippen LogP) is 4.52. The Balaban J connectivity index is 1.90. The summed E-state index contributed by atoms with van der Waals surface area (Å²) in [6, 6.07) is 14.4. The van der Waals surface area contributed by atoms with Crippen LogP contribution in [0.5, 0.6) is 11.5 Å². The molecule has 3 rings (SSSR count). The largest absolute Gasteiger partial charge is 0.493 e. The highest BCUT2D eigenvalue weighted by molar-refractivity contribution is 9.10. The molecule has 0 spiro atoms. The van der Waals surface area contributed by atoms with Gasteiger partial charge in [0.25, 0.3) is 0 Å². The molecule has 2 aromatic carbocycles. The van der Waals surface area contributed by atoms with Gasteiger partial charge in [-0.3, -0.25) is 0 Å². The summed E-state index contributed by atoms with van der Waals surface area (Å²) in [5.74, 6) is -0.0796. The van der Waals surface area contributed by atoms with Gasteiger partial charge in [-0.2, -0.15) is 5.10 Å². The normalized spacial score (nSPS) is 10.5. The van der Waals surface area contributed by atoms with Crippen LogP contribution in [0.3, 0.4) is 0 Å². The fraction of sp³-hybridized carbons (Fsp3) is 0.0588. The number of hydrogen-bond donors (Lipinski definition) is 0. The third kappa shape index (κ3) is 3.44. The molecular formula is C17H12BrClN2O3. The molecule has 1 aromatic heterocycles. The molecule has 0 aliphatic rings. The van der Waals surface area contributed by atoms with E-state index in [1.807, 2.05) is 30.3 Å². The van der Waals surface area contributed by atoms with Gasteiger partial charge in [0.2, 0.25) is 5.69 Å². The van der Waals surface area contributed by atoms with Gasteiger partial charge in [-0.1, -0.05) is 45.7 Å². The number of esters is 1. The van der Waals surface area contributed by atoms with E-state index in [0.717, 1.165) is 10.2 Å². The molecule has 24 heavy (non-hydrogen) atoms. The van der Waals surface area contributed by atoms with Crippen molar-refractivity contribution in [2.75, 3.05) is 7.11 Å². The number of rotatable bonds is 4. The zero-order chi connectivity index (χ0) is 17.1. The molecule has 0 unspecified atom stereocenters. The van der Waals surface area contributed by atoms with Crippen molar-refractivity contribution in [1.82, 2.24) is 9.78 Å². The van der Waals surface area contributed by atoms with Crippen LogP contribution in [-0.4, -0.2) is 22.9 Å². The molecule has 0 radical (unpaired) electrons. The highest BCUT2D eigenvalue weighted by Gasteiger charge is 2.21. The maximum absolute atomic E-state index is 12.4. The lowest BCUT2D eigenvalue weighted by molar-refractivity contribution is 0.0724. The van der Waals surface area contributed by atoms with E-state index in [4.69, 9.17) is 21.1 Å². The first kappa shape index (κ1) is 16.5. The summed E-state index contributed by atoms with van der Waals surface area (Å²) in [5, 5.41) is 4.58. The Morgan fingerprint density at radius 2 is 1.92 bits per heavy atom. The summed E-state index contributed by atoms with van der Waals surface area (Å²) in [4.78, 5) is 12.4. The number of halogens is 2. The Labute approximate surface area is 151 Å². The van der Waals surface area contributed by atoms with Gasteiger partial charge in [0, 0.05) is 4.47 Å². The number of nitrogens with zero attached hydrogens (tertiary/aromatic N) is 2. The van der Waals surface area contributed by atoms with E-state index in [1.54, 1.807) is 29.1 Å². The summed E-state index contributed by atoms with van der Waals surface area (Å²) in [5.41, 5.74) is 0.872. The topological polar surface area (TPSA) is 53.4 Å². The minimum absolute atomic E-state index is 0.0698. The number of carbonyl (C=O) groups excluding carboxylic acids is 1. The molecule has 1 heterocycles. The Morgan fingerprint density at radius 3 is 2.58 bits per heavy atom. The van der Waals surface area contributed by atoms with Crippen LogP contribution in [0.2, 0.25) is 5.02 Å². The quantitative estimate of drug-likeness (QED) is 0.471. The Bertz CT molecular complexity index is 881. The number of hydrogen-bond acceptors (Lipinski definition) is 4. The van der Waals surface area contributed by atoms with E-state index in [-0.39, 0.29) is 11.4 Å². The van der Waals surface area contributed by atoms with Gasteiger partial charge < -0.3 is 9.47 Å². The molecule has 0 saturated carbocycles. The first-order chi connectivity index (χ1) is 11.6. The number of carbonyl (C=O) groups is 1. The lowest BCUT2D eigenvalue weighted by Gasteiger charge is -2.06. The number of methoxy groups -OCH3 is 1. The van der Waals surface area contributed by atoms with Crippen molar-refractivity contribution in [2.45, 2.75) is 0 Å². The van der Waals surface area contributed by atoms with Gasteiger partial charge in [0.15, 0.2) is 5.75 Å². The van der Waals surface area contributed by atoms with Gasteiger partial charge in [0.05, 0.1) is 24.0 Å². The molecule has 0 aliphatic heterocycles. The van der Waals surface area contributed by atoms with Crippen molar-refractivity contribution >= 4 is 33.5 Å². The molecule has 0 amide bonds. The highest BCUT2D eigenvalue weighted by atomic mass is 79.9. The molecule has 0 atom stereocenters. The summed E-state index contributed by atoms with van der Waals surface area (Å²) < 4.78 is 12.9. The average molecular weight is 408 g/mol. The van der Waals surface area contributed by atoms with E-state index in [0.29, 0.717) is 10.8 Å². The average Bonchev–Trinajstić information content (AvgIpc) is 3.02. The third-order valence-corrected chi connectivity index (χ3v) is 4.00. The molecule has 0 saturated heterocycles. The minimum Gasteiger partial charge on any atom is -0.493 e. The first-order valence-electron chi connectivity index (χ1n) is 6.95. The molecule has 5 nitrogen and oxygen atoms in total. The predicted molar refractivity (Wildman–Crippen MR) is 94.2 cm³/mol. The maximum Gasteiger partial charge on any atom is 0.368 e. The van der Waals surface area contributed by atoms with Crippen LogP contribution in [0.4, 0.5) is 0 Å². The molecule has 7 heteroatoms. The van der Waals surface area contributed by atoms with Gasteiger partial charge in [0.1, 0.15) is 5.75 Å². The van der Waals surface area contributed by atoms with Crippen LogP contribution < -0.4 is 9.47 Å². The van der Waals surface area contributed by atoms with E-state index < -0.39 is 5.97 Å². The van der Waals surface area contributed by atoms with Crippen LogP contribution in [0.15, 0.2) is 59.2 Å². The molecule has 0 bridgehead atoms. The van der Waals surface area contributed by atoms with Crippen LogP contribution >= 0.6 is 27.5 Å². The number of para-hydroxylation sites is 1. The Kier molecular flexibility index (Phi) is 4.87. The lowest BCUT2D eigenvalue weighted by Crippen LogP contribution is -2.11. The maximum atomic E-state index is 12.4. The molecule has 0 aliphatic carbocycles. The standard InChI is InChI=1S/C17H12BrClN2O3/c1-23-15-10-21(12-5-3-2-4-6-12)20-16(15)17(22)24-14-8-7-11(18)9-13(14)19/h2-10H,1H3. The number of ether oxygens (including phenoxy) is 2. The van der Waals surface area contributed by atoms with Crippen molar-refractivity contribution in [1.29, 1.82) is 0 Å². The summed E-state index contributed by atoms with van der Waals surface area (Å²) >= 11 is 9.37. The van der Waals surface area contributed by atoms with Crippen molar-refractivity contribution in [3.63, 3.8) is 0 Å². The van der Waals surface area contributed by atoms with E-state index in [1.165, 1.54) is 7.11 Å². The summed E-state index contributed by atoms with van der Waals surface area (Å²) in [6.07, 6.45) is 1.62. The fourth-order valence-electron chi connectivity index (χ4n) is 2.07. The van der Waals surface area contributed by atoms with Crippen LogP contribution in [-0.2, 0) is 0 Å². The second kappa shape index (κ2) is 7.07. The van der Waals surface area contributed by atoms with Crippen LogP contribution in [0.25, 0.3) is 5.69 Å². The van der Waals surface area contributed by atoms with Crippen molar-refractivity contribution in [3.8, 4) is 17.2 Å². The van der Waals surface area contributed by atoms with Crippen molar-refractivity contribution in [2.24, 2.45) is 0 Å². The lowest BCUT2D eigenvalue weighted by atomic mass is 10.3. The van der Waals surface area contributed by atoms with Gasteiger partial charge >= 0.3 is 5.97 Å². The van der Waals surface area contributed by atoms with E-state index in [2.05, 4.69) is 21.0 Å². The first-order valence-corrected chi connectivity index (χ1v) is 8.12. The number of benzene rings is 2. The zero-order valence-electron chi connectivity index (χ0n) is 12.6. The van der Waals surface area contributed by atoms with Crippen molar-refractivity contribution < 1.29 is 14.3 Å². The van der Waals surface area contributed by atoms with Crippen LogP contribution in [0, 0.1) is 0 Å². The monoisotopic (exact) mass is 406 g/mol. The molecule has 122 valence electrons. The summed E-state index contributed by atoms with van der Waals surface area (Å²) in [6.45, 7) is 0. The summed E-state index contributed by atoms with van der Waals surface area (Å²) in [7, 11) is 1.47. The fourth-order valence-corrected chi connectivity index (χ4v) is 2.78. The van der Waals surface area contributed by atoms with Crippen molar-refractivity contribution in [3.05, 3.63) is 69.9 Å². The zero-order valence-corrected chi connectivity index (χ0v) is 14.9. The molecule has 3 aromatic rings. The van der Waals surface area contributed by atoms with Gasteiger partial charge in [-0.05, 0) is 30.3 Å². The van der Waals surface area contributed by atoms with Crippen LogP contribution in [0.1, 0.15) is 10.5 Å². The Morgan fingerprint density at radius 1 is 1.17 bits per heavy atom. The molecular weight excluding hydrogens is 396 g/mol. The third-order valence-electron chi connectivity index (χ3n) is 3.21. The SMILES string of the molecule is COc1cn(-c2ccccc2)nc1C(=O)Oc1ccc(Br)cc1Cl. The Hall–Kier alpha value is -2.31. The molecule has 0 N–H and O–H groups in total. The van der Waals surface area contributed by atoms with Gasteiger partial charge in [-0.25, -0.2) is 9.48 Å². The van der Waals surface area contributed by atoms with E-state index in [9.17, 15) is 4.79 Å². The second-order valence-electron chi connectivity index (χ2n) is 4.79. The minimum atomic E-state index is -0.647. The van der Waals surface area contributed by atoms with E-state index >= 15 is 0 Å².